The minimum atomic E-state index is -0.901. The van der Waals surface area contributed by atoms with E-state index < -0.39 is 23.8 Å². The van der Waals surface area contributed by atoms with Gasteiger partial charge in [-0.1, -0.05) is 30.3 Å². The van der Waals surface area contributed by atoms with E-state index in [1.54, 1.807) is 12.1 Å². The molecule has 0 unspecified atom stereocenters. The fourth-order valence-electron chi connectivity index (χ4n) is 3.62. The molecule has 1 N–H and O–H groups in total. The molecule has 1 saturated heterocycles. The van der Waals surface area contributed by atoms with E-state index in [0.29, 0.717) is 28.1 Å². The molecule has 3 aromatic rings. The van der Waals surface area contributed by atoms with Gasteiger partial charge in [-0.3, -0.25) is 14.9 Å². The Morgan fingerprint density at radius 2 is 1.70 bits per heavy atom. The number of barbiturate groups is 1. The Kier molecular flexibility index (Phi) is 7.69. The summed E-state index contributed by atoms with van der Waals surface area (Å²) < 4.78 is 16.6. The molecule has 0 radical (unpaired) electrons. The number of nitrogens with one attached hydrogen (secondary N) is 1. The Morgan fingerprint density at radius 3 is 2.35 bits per heavy atom. The molecule has 9 nitrogen and oxygen atoms in total. The van der Waals surface area contributed by atoms with Crippen molar-refractivity contribution in [2.24, 2.45) is 0 Å². The van der Waals surface area contributed by atoms with Gasteiger partial charge in [0.05, 0.1) is 29.9 Å². The third kappa shape index (κ3) is 5.54. The van der Waals surface area contributed by atoms with Gasteiger partial charge in [0, 0.05) is 0 Å². The lowest BCUT2D eigenvalue weighted by atomic mass is 10.1. The molecule has 3 aromatic carbocycles. The first-order chi connectivity index (χ1) is 17.8. The number of ether oxygens (including phenoxy) is 3. The van der Waals surface area contributed by atoms with Gasteiger partial charge in [0.25, 0.3) is 11.8 Å². The van der Waals surface area contributed by atoms with Gasteiger partial charge in [0.15, 0.2) is 11.5 Å². The van der Waals surface area contributed by atoms with Crippen molar-refractivity contribution in [1.29, 1.82) is 0 Å². The fourth-order valence-corrected chi connectivity index (χ4v) is 4.19. The van der Waals surface area contributed by atoms with Crippen molar-refractivity contribution in [2.45, 2.75) is 6.61 Å². The topological polar surface area (TPSA) is 111 Å². The molecule has 37 heavy (non-hydrogen) atoms. The van der Waals surface area contributed by atoms with Gasteiger partial charge in [-0.15, -0.1) is 0 Å². The van der Waals surface area contributed by atoms with E-state index >= 15 is 0 Å². The molecule has 4 rings (SSSR count). The van der Waals surface area contributed by atoms with Crippen molar-refractivity contribution in [3.05, 3.63) is 93.5 Å². The van der Waals surface area contributed by atoms with Crippen molar-refractivity contribution >= 4 is 51.5 Å². The summed E-state index contributed by atoms with van der Waals surface area (Å²) in [6.07, 6.45) is 1.36. The highest BCUT2D eigenvalue weighted by Gasteiger charge is 2.37. The van der Waals surface area contributed by atoms with Crippen molar-refractivity contribution in [3.8, 4) is 11.5 Å². The van der Waals surface area contributed by atoms with E-state index in [-0.39, 0.29) is 16.8 Å². The first-order valence-electron chi connectivity index (χ1n) is 11.0. The van der Waals surface area contributed by atoms with E-state index in [0.717, 1.165) is 10.5 Å². The highest BCUT2D eigenvalue weighted by molar-refractivity contribution is 9.10. The number of urea groups is 1. The molecular formula is C27H21BrN2O7. The van der Waals surface area contributed by atoms with E-state index in [1.165, 1.54) is 44.6 Å². The predicted molar refractivity (Wildman–Crippen MR) is 138 cm³/mol. The monoisotopic (exact) mass is 564 g/mol. The number of carbonyl (C=O) groups excluding carboxylic acids is 4. The number of esters is 1. The second-order valence-corrected chi connectivity index (χ2v) is 8.66. The Labute approximate surface area is 220 Å². The van der Waals surface area contributed by atoms with Gasteiger partial charge >= 0.3 is 12.0 Å². The van der Waals surface area contributed by atoms with Crippen LogP contribution >= 0.6 is 15.9 Å². The molecule has 188 valence electrons. The number of hydrogen-bond donors (Lipinski definition) is 1. The number of nitrogens with zero attached hydrogens (tertiary/aromatic N) is 1. The summed E-state index contributed by atoms with van der Waals surface area (Å²) in [5.74, 6) is -1.38. The fraction of sp³-hybridized carbons (Fsp3) is 0.111. The Bertz CT molecular complexity index is 1400. The maximum absolute atomic E-state index is 13.2. The largest absolute Gasteiger partial charge is 0.493 e. The summed E-state index contributed by atoms with van der Waals surface area (Å²) in [4.78, 5) is 50.8. The van der Waals surface area contributed by atoms with Gasteiger partial charge in [-0.05, 0) is 69.5 Å². The lowest BCUT2D eigenvalue weighted by molar-refractivity contribution is -0.122. The molecule has 0 aromatic heterocycles. The van der Waals surface area contributed by atoms with Crippen molar-refractivity contribution < 1.29 is 33.4 Å². The van der Waals surface area contributed by atoms with Crippen LogP contribution in [0.15, 0.2) is 76.8 Å². The van der Waals surface area contributed by atoms with Crippen molar-refractivity contribution in [2.75, 3.05) is 19.1 Å². The van der Waals surface area contributed by atoms with Crippen molar-refractivity contribution in [1.82, 2.24) is 5.32 Å². The van der Waals surface area contributed by atoms with Crippen LogP contribution in [0.3, 0.4) is 0 Å². The second kappa shape index (κ2) is 11.1. The molecule has 1 fully saturated rings. The molecule has 10 heteroatoms. The number of carbonyl (C=O) groups is 4. The summed E-state index contributed by atoms with van der Waals surface area (Å²) >= 11 is 3.47. The summed E-state index contributed by atoms with van der Waals surface area (Å²) in [7, 11) is 2.72. The van der Waals surface area contributed by atoms with Crippen molar-refractivity contribution in [3.63, 3.8) is 0 Å². The maximum atomic E-state index is 13.2. The van der Waals surface area contributed by atoms with E-state index in [1.807, 2.05) is 30.3 Å². The van der Waals surface area contributed by atoms with Crippen LogP contribution in [-0.4, -0.2) is 38.0 Å². The first-order valence-corrected chi connectivity index (χ1v) is 11.8. The van der Waals surface area contributed by atoms with Crippen LogP contribution in [0, 0.1) is 0 Å². The summed E-state index contributed by atoms with van der Waals surface area (Å²) in [6.45, 7) is 0.308. The minimum absolute atomic E-state index is 0.178. The number of methoxy groups -OCH3 is 2. The van der Waals surface area contributed by atoms with E-state index in [4.69, 9.17) is 9.47 Å². The molecule has 1 aliphatic heterocycles. The number of imide groups is 2. The van der Waals surface area contributed by atoms with Crippen LogP contribution in [0.4, 0.5) is 10.5 Å². The highest BCUT2D eigenvalue weighted by Crippen LogP contribution is 2.38. The zero-order valence-corrected chi connectivity index (χ0v) is 21.4. The molecule has 0 aliphatic carbocycles. The number of rotatable bonds is 7. The third-order valence-electron chi connectivity index (χ3n) is 5.44. The molecule has 0 spiro atoms. The molecule has 0 bridgehead atoms. The Hall–Kier alpha value is -4.44. The SMILES string of the molecule is COC(=O)c1ccc(N2C(=O)NC(=O)/C(=C\c3cc(Br)c(OCc4ccccc4)c(OC)c3)C2=O)cc1. The molecule has 1 heterocycles. The van der Waals surface area contributed by atoms with E-state index in [2.05, 4.69) is 26.0 Å². The summed E-state index contributed by atoms with van der Waals surface area (Å²) in [5, 5.41) is 2.17. The number of benzene rings is 3. The summed E-state index contributed by atoms with van der Waals surface area (Å²) in [6, 6.07) is 17.6. The van der Waals surface area contributed by atoms with E-state index in [9.17, 15) is 19.2 Å². The molecule has 0 saturated carbocycles. The summed E-state index contributed by atoms with van der Waals surface area (Å²) in [5.41, 5.74) is 1.59. The van der Waals surface area contributed by atoms with Crippen LogP contribution in [0.1, 0.15) is 21.5 Å². The van der Waals surface area contributed by atoms with Gasteiger partial charge in [-0.25, -0.2) is 14.5 Å². The normalized spacial score (nSPS) is 14.4. The average Bonchev–Trinajstić information content (AvgIpc) is 2.90. The smallest absolute Gasteiger partial charge is 0.337 e. The molecule has 4 amide bonds. The Balaban J connectivity index is 1.62. The van der Waals surface area contributed by atoms with Gasteiger partial charge in [-0.2, -0.15) is 0 Å². The maximum Gasteiger partial charge on any atom is 0.337 e. The lowest BCUT2D eigenvalue weighted by Crippen LogP contribution is -2.54. The van der Waals surface area contributed by atoms with Crippen LogP contribution in [0.5, 0.6) is 11.5 Å². The Morgan fingerprint density at radius 1 is 1.00 bits per heavy atom. The zero-order valence-electron chi connectivity index (χ0n) is 19.8. The molecular weight excluding hydrogens is 544 g/mol. The third-order valence-corrected chi connectivity index (χ3v) is 6.03. The molecule has 1 aliphatic rings. The van der Waals surface area contributed by atoms with Gasteiger partial charge in [0.1, 0.15) is 12.2 Å². The highest BCUT2D eigenvalue weighted by atomic mass is 79.9. The van der Waals surface area contributed by atoms with Crippen LogP contribution < -0.4 is 19.7 Å². The van der Waals surface area contributed by atoms with Crippen LogP contribution in [0.2, 0.25) is 0 Å². The van der Waals surface area contributed by atoms with Gasteiger partial charge < -0.3 is 14.2 Å². The lowest BCUT2D eigenvalue weighted by Gasteiger charge is -2.26. The number of amides is 4. The van der Waals surface area contributed by atoms with Crippen LogP contribution in [0.25, 0.3) is 6.08 Å². The minimum Gasteiger partial charge on any atom is -0.493 e. The second-order valence-electron chi connectivity index (χ2n) is 7.80. The quantitative estimate of drug-likeness (QED) is 0.255. The zero-order chi connectivity index (χ0) is 26.5. The number of anilines is 1. The average molecular weight is 565 g/mol. The predicted octanol–water partition coefficient (Wildman–Crippen LogP) is 4.49. The molecule has 0 atom stereocenters. The van der Waals surface area contributed by atoms with Gasteiger partial charge in [0.2, 0.25) is 0 Å². The number of halogens is 1. The van der Waals surface area contributed by atoms with Crippen LogP contribution in [-0.2, 0) is 20.9 Å². The number of hydrogen-bond acceptors (Lipinski definition) is 7. The standard InChI is InChI=1S/C27H21BrN2O7/c1-35-22-14-17(13-21(28)23(22)37-15-16-6-4-3-5-7-16)12-20-24(31)29-27(34)30(25(20)32)19-10-8-18(9-11-19)26(33)36-2/h3-14H,15H2,1-2H3,(H,29,31,34)/b20-12+. The first kappa shape index (κ1) is 25.6.